The molecule has 4 nitrogen and oxygen atoms in total. The summed E-state index contributed by atoms with van der Waals surface area (Å²) in [4.78, 5) is 11.9. The molecular formula is C19H18N3O+. The standard InChI is InChI=1S/C19H17N3O/c1-15(17-10-9-16-7-3-4-8-18(16)13-17)20-21-19(23)14-22-11-5-2-6-12-22/h2-13H,14H2,1H3/p+1. The highest BCUT2D eigenvalue weighted by molar-refractivity contribution is 6.02. The van der Waals surface area contributed by atoms with E-state index in [2.05, 4.69) is 34.8 Å². The highest BCUT2D eigenvalue weighted by Crippen LogP contribution is 2.16. The molecule has 0 unspecified atom stereocenters. The van der Waals surface area contributed by atoms with Gasteiger partial charge in [-0.3, -0.25) is 4.79 Å². The fourth-order valence-electron chi connectivity index (χ4n) is 2.37. The first-order valence-electron chi connectivity index (χ1n) is 7.49. The highest BCUT2D eigenvalue weighted by Gasteiger charge is 2.07. The lowest BCUT2D eigenvalue weighted by Crippen LogP contribution is -2.41. The van der Waals surface area contributed by atoms with Crippen molar-refractivity contribution >= 4 is 22.4 Å². The minimum atomic E-state index is -0.152. The number of benzene rings is 2. The smallest absolute Gasteiger partial charge is 0.266 e. The van der Waals surface area contributed by atoms with Gasteiger partial charge in [-0.1, -0.05) is 42.5 Å². The lowest BCUT2D eigenvalue weighted by atomic mass is 10.0. The van der Waals surface area contributed by atoms with Crippen LogP contribution in [0.2, 0.25) is 0 Å². The zero-order chi connectivity index (χ0) is 16.1. The van der Waals surface area contributed by atoms with Gasteiger partial charge in [0, 0.05) is 12.1 Å². The van der Waals surface area contributed by atoms with E-state index in [0.29, 0.717) is 0 Å². The van der Waals surface area contributed by atoms with Crippen molar-refractivity contribution in [3.8, 4) is 0 Å². The summed E-state index contributed by atoms with van der Waals surface area (Å²) in [6, 6.07) is 20.0. The first-order valence-corrected chi connectivity index (χ1v) is 7.49. The summed E-state index contributed by atoms with van der Waals surface area (Å²) in [5.41, 5.74) is 4.38. The second kappa shape index (κ2) is 6.83. The molecule has 23 heavy (non-hydrogen) atoms. The van der Waals surface area contributed by atoms with Crippen molar-refractivity contribution in [2.24, 2.45) is 5.10 Å². The Kier molecular flexibility index (Phi) is 4.43. The number of nitrogens with zero attached hydrogens (tertiary/aromatic N) is 2. The van der Waals surface area contributed by atoms with Crippen LogP contribution in [0.25, 0.3) is 10.8 Å². The van der Waals surface area contributed by atoms with Crippen LogP contribution in [0.4, 0.5) is 0 Å². The Bertz CT molecular complexity index is 857. The van der Waals surface area contributed by atoms with Crippen LogP contribution in [0.5, 0.6) is 0 Å². The number of carbonyl (C=O) groups is 1. The van der Waals surface area contributed by atoms with Crippen molar-refractivity contribution in [2.45, 2.75) is 13.5 Å². The monoisotopic (exact) mass is 304 g/mol. The molecule has 3 aromatic rings. The maximum Gasteiger partial charge on any atom is 0.305 e. The Labute approximate surface area is 135 Å². The van der Waals surface area contributed by atoms with Crippen LogP contribution in [-0.4, -0.2) is 11.6 Å². The summed E-state index contributed by atoms with van der Waals surface area (Å²) >= 11 is 0. The normalized spacial score (nSPS) is 11.4. The Morgan fingerprint density at radius 1 is 1.00 bits per heavy atom. The van der Waals surface area contributed by atoms with Gasteiger partial charge in [0.1, 0.15) is 0 Å². The third-order valence-electron chi connectivity index (χ3n) is 3.62. The molecule has 0 spiro atoms. The van der Waals surface area contributed by atoms with E-state index in [-0.39, 0.29) is 12.5 Å². The first kappa shape index (κ1) is 14.9. The van der Waals surface area contributed by atoms with Gasteiger partial charge in [0.25, 0.3) is 0 Å². The van der Waals surface area contributed by atoms with Gasteiger partial charge in [0.15, 0.2) is 12.4 Å². The Morgan fingerprint density at radius 3 is 2.52 bits per heavy atom. The summed E-state index contributed by atoms with van der Waals surface area (Å²) in [5, 5.41) is 6.55. The van der Waals surface area contributed by atoms with E-state index in [1.165, 1.54) is 5.39 Å². The molecule has 1 heterocycles. The molecule has 0 atom stereocenters. The van der Waals surface area contributed by atoms with Crippen LogP contribution in [0.15, 0.2) is 78.2 Å². The zero-order valence-electron chi connectivity index (χ0n) is 12.9. The van der Waals surface area contributed by atoms with E-state index >= 15 is 0 Å². The van der Waals surface area contributed by atoms with Gasteiger partial charge in [0.2, 0.25) is 6.54 Å². The van der Waals surface area contributed by atoms with E-state index in [4.69, 9.17) is 0 Å². The van der Waals surface area contributed by atoms with Crippen LogP contribution < -0.4 is 9.99 Å². The van der Waals surface area contributed by atoms with Crippen LogP contribution in [-0.2, 0) is 11.3 Å². The molecule has 0 bridgehead atoms. The maximum absolute atomic E-state index is 11.9. The van der Waals surface area contributed by atoms with Gasteiger partial charge in [-0.2, -0.15) is 9.67 Å². The zero-order valence-corrected chi connectivity index (χ0v) is 12.9. The molecule has 2 aromatic carbocycles. The summed E-state index contributed by atoms with van der Waals surface area (Å²) in [7, 11) is 0. The minimum Gasteiger partial charge on any atom is -0.266 e. The number of fused-ring (bicyclic) bond motifs is 1. The van der Waals surface area contributed by atoms with Crippen LogP contribution in [0.1, 0.15) is 12.5 Å². The van der Waals surface area contributed by atoms with Gasteiger partial charge in [-0.25, -0.2) is 5.43 Å². The van der Waals surface area contributed by atoms with Crippen molar-refractivity contribution in [3.63, 3.8) is 0 Å². The number of carbonyl (C=O) groups excluding carboxylic acids is 1. The Morgan fingerprint density at radius 2 is 1.74 bits per heavy atom. The molecule has 0 saturated heterocycles. The quantitative estimate of drug-likeness (QED) is 0.449. The second-order valence-corrected chi connectivity index (χ2v) is 5.34. The van der Waals surface area contributed by atoms with Gasteiger partial charge in [-0.05, 0) is 29.3 Å². The SMILES string of the molecule is CC(=NNC(=O)C[n+]1ccccc1)c1ccc2ccccc2c1. The molecule has 114 valence electrons. The average Bonchev–Trinajstić information content (AvgIpc) is 2.60. The average molecular weight is 304 g/mol. The van der Waals surface area contributed by atoms with E-state index in [1.807, 2.05) is 55.7 Å². The number of aromatic nitrogens is 1. The van der Waals surface area contributed by atoms with E-state index in [1.54, 1.807) is 4.57 Å². The summed E-state index contributed by atoms with van der Waals surface area (Å²) in [5.74, 6) is -0.152. The third-order valence-corrected chi connectivity index (χ3v) is 3.62. The number of hydrogen-bond acceptors (Lipinski definition) is 2. The van der Waals surface area contributed by atoms with E-state index in [0.717, 1.165) is 16.7 Å². The van der Waals surface area contributed by atoms with Gasteiger partial charge < -0.3 is 0 Å². The molecule has 3 rings (SSSR count). The number of hydrogen-bond donors (Lipinski definition) is 1. The third kappa shape index (κ3) is 3.80. The van der Waals surface area contributed by atoms with Crippen LogP contribution in [0.3, 0.4) is 0 Å². The molecule has 0 saturated carbocycles. The largest absolute Gasteiger partial charge is 0.305 e. The number of amides is 1. The number of rotatable bonds is 4. The maximum atomic E-state index is 11.9. The summed E-state index contributed by atoms with van der Waals surface area (Å²) in [6.07, 6.45) is 3.69. The number of pyridine rings is 1. The molecule has 1 amide bonds. The summed E-state index contributed by atoms with van der Waals surface area (Å²) in [6.45, 7) is 2.13. The lowest BCUT2D eigenvalue weighted by Gasteiger charge is -2.04. The van der Waals surface area contributed by atoms with Crippen LogP contribution >= 0.6 is 0 Å². The predicted octanol–water partition coefficient (Wildman–Crippen LogP) is 2.67. The molecule has 1 N–H and O–H groups in total. The molecular weight excluding hydrogens is 286 g/mol. The second-order valence-electron chi connectivity index (χ2n) is 5.34. The Hall–Kier alpha value is -3.01. The summed E-state index contributed by atoms with van der Waals surface area (Å²) < 4.78 is 1.80. The van der Waals surface area contributed by atoms with Crippen LogP contribution in [0, 0.1) is 0 Å². The minimum absolute atomic E-state index is 0.152. The molecule has 0 aliphatic rings. The molecule has 0 radical (unpaired) electrons. The highest BCUT2D eigenvalue weighted by atomic mass is 16.2. The topological polar surface area (TPSA) is 45.3 Å². The van der Waals surface area contributed by atoms with Crippen molar-refractivity contribution in [1.82, 2.24) is 5.43 Å². The van der Waals surface area contributed by atoms with E-state index in [9.17, 15) is 4.79 Å². The van der Waals surface area contributed by atoms with E-state index < -0.39 is 0 Å². The fourth-order valence-corrected chi connectivity index (χ4v) is 2.37. The molecule has 0 aliphatic carbocycles. The van der Waals surface area contributed by atoms with Gasteiger partial charge in [-0.15, -0.1) is 0 Å². The first-order chi connectivity index (χ1) is 11.2. The molecule has 4 heteroatoms. The lowest BCUT2D eigenvalue weighted by molar-refractivity contribution is -0.684. The van der Waals surface area contributed by atoms with Crippen molar-refractivity contribution in [2.75, 3.05) is 0 Å². The van der Waals surface area contributed by atoms with Gasteiger partial charge in [0.05, 0.1) is 5.71 Å². The number of nitrogens with one attached hydrogen (secondary N) is 1. The number of hydrazone groups is 1. The molecule has 0 aliphatic heterocycles. The molecule has 1 aromatic heterocycles. The Balaban J connectivity index is 1.69. The van der Waals surface area contributed by atoms with Crippen molar-refractivity contribution in [1.29, 1.82) is 0 Å². The van der Waals surface area contributed by atoms with Crippen molar-refractivity contribution in [3.05, 3.63) is 78.6 Å². The van der Waals surface area contributed by atoms with Crippen molar-refractivity contribution < 1.29 is 9.36 Å². The fraction of sp³-hybridized carbons (Fsp3) is 0.105. The molecule has 0 fully saturated rings. The predicted molar refractivity (Wildman–Crippen MR) is 90.9 cm³/mol. The van der Waals surface area contributed by atoms with Gasteiger partial charge >= 0.3 is 5.91 Å².